The van der Waals surface area contributed by atoms with Gasteiger partial charge in [0.1, 0.15) is 0 Å². The molecule has 0 aromatic carbocycles. The molecule has 0 radical (unpaired) electrons. The minimum atomic E-state index is -3.70. The van der Waals surface area contributed by atoms with Crippen molar-refractivity contribution in [2.45, 2.75) is 25.6 Å². The Hall–Kier alpha value is -1.53. The molecule has 2 fully saturated rings. The predicted molar refractivity (Wildman–Crippen MR) is 92.7 cm³/mol. The van der Waals surface area contributed by atoms with Gasteiger partial charge in [0.2, 0.25) is 5.95 Å². The molecule has 1 amide bonds. The normalized spacial score (nSPS) is 22.2. The van der Waals surface area contributed by atoms with Gasteiger partial charge in [-0.3, -0.25) is 4.79 Å². The van der Waals surface area contributed by atoms with Crippen molar-refractivity contribution in [1.29, 1.82) is 0 Å². The number of hydrogen-bond acceptors (Lipinski definition) is 8. The average Bonchev–Trinajstić information content (AvgIpc) is 2.66. The predicted octanol–water partition coefficient (Wildman–Crippen LogP) is 0.270. The fraction of sp³-hybridized carbons (Fsp3) is 0.643. The van der Waals surface area contributed by atoms with E-state index in [-0.39, 0.29) is 18.7 Å². The number of amides is 1. The number of carbonyl (C=O) groups excluding carboxylic acids is 1. The fourth-order valence-electron chi connectivity index (χ4n) is 2.69. The standard InChI is InChI=1S/C14H20ClN5O5S/c15-26(22,23)20-6-4-19(5-7-20)14-16-9-11(10-17-14)13(21)18-25-12-3-1-2-8-24-12/h9-10,12H,1-8H2,(H,18,21). The van der Waals surface area contributed by atoms with Crippen LogP contribution in [0.1, 0.15) is 29.6 Å². The molecule has 0 saturated carbocycles. The second-order valence-electron chi connectivity index (χ2n) is 5.95. The molecule has 26 heavy (non-hydrogen) atoms. The summed E-state index contributed by atoms with van der Waals surface area (Å²) in [7, 11) is 1.63. The van der Waals surface area contributed by atoms with Gasteiger partial charge in [0.25, 0.3) is 15.1 Å². The summed E-state index contributed by atoms with van der Waals surface area (Å²) >= 11 is 0. The van der Waals surface area contributed by atoms with Crippen molar-refractivity contribution in [2.75, 3.05) is 37.7 Å². The molecule has 2 aliphatic rings. The van der Waals surface area contributed by atoms with Crippen LogP contribution in [0.2, 0.25) is 0 Å². The highest BCUT2D eigenvalue weighted by Gasteiger charge is 2.26. The van der Waals surface area contributed by atoms with Crippen molar-refractivity contribution in [3.63, 3.8) is 0 Å². The van der Waals surface area contributed by atoms with Crippen molar-refractivity contribution < 1.29 is 22.8 Å². The van der Waals surface area contributed by atoms with Crippen molar-refractivity contribution >= 4 is 31.8 Å². The zero-order valence-corrected chi connectivity index (χ0v) is 15.6. The van der Waals surface area contributed by atoms with Crippen molar-refractivity contribution in [2.24, 2.45) is 0 Å². The molecule has 0 bridgehead atoms. The SMILES string of the molecule is O=C(NOC1CCCCO1)c1cnc(N2CCN(S(=O)(=O)Cl)CC2)nc1. The Labute approximate surface area is 155 Å². The third-order valence-corrected chi connectivity index (χ3v) is 5.72. The van der Waals surface area contributed by atoms with Gasteiger partial charge in [-0.15, -0.1) is 0 Å². The Morgan fingerprint density at radius 2 is 1.92 bits per heavy atom. The van der Waals surface area contributed by atoms with E-state index in [1.54, 1.807) is 0 Å². The summed E-state index contributed by atoms with van der Waals surface area (Å²) in [5, 5.41) is 0. The molecular weight excluding hydrogens is 386 g/mol. The van der Waals surface area contributed by atoms with E-state index in [0.717, 1.165) is 19.3 Å². The van der Waals surface area contributed by atoms with E-state index in [1.807, 2.05) is 4.90 Å². The number of nitrogens with one attached hydrogen (secondary N) is 1. The third kappa shape index (κ3) is 5.01. The van der Waals surface area contributed by atoms with Crippen LogP contribution in [-0.2, 0) is 18.8 Å². The van der Waals surface area contributed by atoms with Gasteiger partial charge < -0.3 is 9.64 Å². The number of ether oxygens (including phenoxy) is 1. The largest absolute Gasteiger partial charge is 0.350 e. The molecule has 1 atom stereocenters. The highest BCUT2D eigenvalue weighted by Crippen LogP contribution is 2.15. The van der Waals surface area contributed by atoms with E-state index >= 15 is 0 Å². The molecular formula is C14H20ClN5O5S. The molecule has 0 spiro atoms. The third-order valence-electron chi connectivity index (χ3n) is 4.15. The number of piperazine rings is 1. The van der Waals surface area contributed by atoms with Gasteiger partial charge in [-0.1, -0.05) is 0 Å². The van der Waals surface area contributed by atoms with Gasteiger partial charge in [-0.05, 0) is 12.8 Å². The highest BCUT2D eigenvalue weighted by atomic mass is 35.7. The summed E-state index contributed by atoms with van der Waals surface area (Å²) in [5.41, 5.74) is 2.60. The lowest BCUT2D eigenvalue weighted by atomic mass is 10.2. The molecule has 3 rings (SSSR count). The van der Waals surface area contributed by atoms with E-state index in [0.29, 0.717) is 25.6 Å². The molecule has 3 heterocycles. The minimum Gasteiger partial charge on any atom is -0.350 e. The smallest absolute Gasteiger partial charge is 0.299 e. The zero-order valence-electron chi connectivity index (χ0n) is 14.0. The van der Waals surface area contributed by atoms with Crippen LogP contribution >= 0.6 is 10.7 Å². The molecule has 12 heteroatoms. The Morgan fingerprint density at radius 1 is 1.23 bits per heavy atom. The maximum Gasteiger partial charge on any atom is 0.299 e. The molecule has 144 valence electrons. The maximum atomic E-state index is 12.1. The van der Waals surface area contributed by atoms with Crippen LogP contribution in [0.15, 0.2) is 12.4 Å². The summed E-state index contributed by atoms with van der Waals surface area (Å²) in [5.74, 6) is -0.0338. The molecule has 10 nitrogen and oxygen atoms in total. The van der Waals surface area contributed by atoms with Gasteiger partial charge in [-0.2, -0.15) is 12.7 Å². The lowest BCUT2D eigenvalue weighted by Crippen LogP contribution is -2.48. The van der Waals surface area contributed by atoms with Crippen LogP contribution < -0.4 is 10.4 Å². The highest BCUT2D eigenvalue weighted by molar-refractivity contribution is 8.11. The monoisotopic (exact) mass is 405 g/mol. The van der Waals surface area contributed by atoms with Crippen molar-refractivity contribution in [3.8, 4) is 0 Å². The Morgan fingerprint density at radius 3 is 2.50 bits per heavy atom. The average molecular weight is 406 g/mol. The number of aromatic nitrogens is 2. The van der Waals surface area contributed by atoms with Gasteiger partial charge in [0.05, 0.1) is 5.56 Å². The summed E-state index contributed by atoms with van der Waals surface area (Å²) in [4.78, 5) is 27.5. The van der Waals surface area contributed by atoms with Gasteiger partial charge in [0.15, 0.2) is 6.29 Å². The van der Waals surface area contributed by atoms with Crippen LogP contribution in [0.4, 0.5) is 5.95 Å². The first kappa shape index (κ1) is 19.2. The number of hydroxylamine groups is 1. The number of hydrogen-bond donors (Lipinski definition) is 1. The summed E-state index contributed by atoms with van der Waals surface area (Å²) in [6.07, 6.45) is 5.09. The number of halogens is 1. The van der Waals surface area contributed by atoms with Crippen molar-refractivity contribution in [3.05, 3.63) is 18.0 Å². The molecule has 2 saturated heterocycles. The summed E-state index contributed by atoms with van der Waals surface area (Å²) < 4.78 is 29.2. The second kappa shape index (κ2) is 8.44. The molecule has 0 aliphatic carbocycles. The minimum absolute atomic E-state index is 0.256. The first-order chi connectivity index (χ1) is 12.4. The fourth-order valence-corrected chi connectivity index (χ4v) is 3.70. The number of anilines is 1. The zero-order chi connectivity index (χ0) is 18.6. The lowest BCUT2D eigenvalue weighted by Gasteiger charge is -2.32. The number of rotatable bonds is 5. The van der Waals surface area contributed by atoms with Crippen molar-refractivity contribution in [1.82, 2.24) is 19.8 Å². The lowest BCUT2D eigenvalue weighted by molar-refractivity contribution is -0.186. The van der Waals surface area contributed by atoms with E-state index in [9.17, 15) is 13.2 Å². The van der Waals surface area contributed by atoms with Crippen LogP contribution in [0.5, 0.6) is 0 Å². The van der Waals surface area contributed by atoms with Crippen LogP contribution in [0.25, 0.3) is 0 Å². The topological polar surface area (TPSA) is 114 Å². The first-order valence-corrected chi connectivity index (χ1v) is 10.5. The second-order valence-corrected chi connectivity index (χ2v) is 8.46. The van der Waals surface area contributed by atoms with E-state index in [1.165, 1.54) is 16.7 Å². The number of carbonyl (C=O) groups is 1. The summed E-state index contributed by atoms with van der Waals surface area (Å²) in [6, 6.07) is 0. The Bertz CT molecular complexity index is 718. The number of nitrogens with zero attached hydrogens (tertiary/aromatic N) is 4. The van der Waals surface area contributed by atoms with Gasteiger partial charge >= 0.3 is 0 Å². The van der Waals surface area contributed by atoms with Crippen LogP contribution in [0.3, 0.4) is 0 Å². The maximum absolute atomic E-state index is 12.1. The van der Waals surface area contributed by atoms with E-state index in [4.69, 9.17) is 20.3 Å². The quantitative estimate of drug-likeness (QED) is 0.548. The first-order valence-electron chi connectivity index (χ1n) is 8.28. The van der Waals surface area contributed by atoms with Gasteiger partial charge in [-0.25, -0.2) is 20.3 Å². The molecule has 1 aromatic heterocycles. The Balaban J connectivity index is 1.51. The van der Waals surface area contributed by atoms with E-state index < -0.39 is 21.4 Å². The van der Waals surface area contributed by atoms with Crippen LogP contribution in [-0.4, -0.2) is 67.7 Å². The molecule has 1 N–H and O–H groups in total. The van der Waals surface area contributed by atoms with E-state index in [2.05, 4.69) is 15.4 Å². The van der Waals surface area contributed by atoms with Crippen LogP contribution in [0, 0.1) is 0 Å². The molecule has 2 aliphatic heterocycles. The van der Waals surface area contributed by atoms with Gasteiger partial charge in [0, 0.05) is 62.3 Å². The Kier molecular flexibility index (Phi) is 6.24. The summed E-state index contributed by atoms with van der Waals surface area (Å²) in [6.45, 7) is 1.97. The molecule has 1 aromatic rings. The molecule has 1 unspecified atom stereocenters.